The minimum atomic E-state index is -0.174. The Morgan fingerprint density at radius 1 is 1.20 bits per heavy atom. The van der Waals surface area contributed by atoms with Gasteiger partial charge >= 0.3 is 6.03 Å². The molecule has 11 heteroatoms. The maximum Gasteiger partial charge on any atom is 0.315 e. The number of thioether (sulfide) groups is 1. The van der Waals surface area contributed by atoms with Crippen LogP contribution in [0.4, 0.5) is 4.79 Å². The molecule has 2 aromatic rings. The molecule has 0 spiro atoms. The van der Waals surface area contributed by atoms with Gasteiger partial charge in [-0.3, -0.25) is 9.59 Å². The molecular weight excluding hydrogens is 606 g/mol. The minimum absolute atomic E-state index is 0.0274. The first-order valence-electron chi connectivity index (χ1n) is 14.2. The van der Waals surface area contributed by atoms with E-state index in [1.165, 1.54) is 6.08 Å². The quantitative estimate of drug-likeness (QED) is 0.0963. The lowest BCUT2D eigenvalue weighted by Crippen LogP contribution is -2.36. The van der Waals surface area contributed by atoms with Crippen molar-refractivity contribution in [2.24, 2.45) is 0 Å². The number of urea groups is 1. The van der Waals surface area contributed by atoms with Crippen LogP contribution in [0.5, 0.6) is 5.75 Å². The predicted octanol–water partition coefficient (Wildman–Crippen LogP) is 4.74. The Bertz CT molecular complexity index is 1210. The monoisotopic (exact) mass is 643 g/mol. The number of halogens is 1. The molecule has 0 radical (unpaired) electrons. The van der Waals surface area contributed by atoms with E-state index in [1.807, 2.05) is 54.2 Å². The molecule has 1 unspecified atom stereocenters. The summed E-state index contributed by atoms with van der Waals surface area (Å²) in [6.07, 6.45) is 8.22. The Kier molecular flexibility index (Phi) is 11.9. The van der Waals surface area contributed by atoms with E-state index in [0.29, 0.717) is 36.3 Å². The average molecular weight is 645 g/mol. The zero-order valence-electron chi connectivity index (χ0n) is 23.2. The summed E-state index contributed by atoms with van der Waals surface area (Å²) < 4.78 is 6.52. The zero-order chi connectivity index (χ0) is 29.0. The van der Waals surface area contributed by atoms with Gasteiger partial charge in [-0.15, -0.1) is 0 Å². The standard InChI is InChI=1S/C30H38BrN5O4S/c1-2-6-23(34-28(38)16-13-21-7-5-9-26(31)33-21)20-11-14-22(15-12-20)40-18-17-32-27(37)10-4-3-8-25-29-24(19-41-25)35-30(39)36-29/h5,7,9,11-16,23-25,29H,2-4,6,8,10,17-19H2,1H3,(H,32,37)(H,34,38)(H2,35,36,39)/b16-13+/t23?,24-,25-,29-/m0/s1. The molecule has 0 bridgehead atoms. The number of nitrogens with zero attached hydrogens (tertiary/aromatic N) is 1. The zero-order valence-corrected chi connectivity index (χ0v) is 25.6. The van der Waals surface area contributed by atoms with Gasteiger partial charge in [-0.25, -0.2) is 9.78 Å². The van der Waals surface area contributed by atoms with Crippen LogP contribution in [-0.4, -0.2) is 59.1 Å². The van der Waals surface area contributed by atoms with Crippen LogP contribution < -0.4 is 26.0 Å². The van der Waals surface area contributed by atoms with E-state index in [9.17, 15) is 14.4 Å². The molecule has 1 aromatic heterocycles. The number of carbonyl (C=O) groups is 3. The molecule has 3 heterocycles. The predicted molar refractivity (Wildman–Crippen MR) is 166 cm³/mol. The highest BCUT2D eigenvalue weighted by Crippen LogP contribution is 2.33. The largest absolute Gasteiger partial charge is 0.492 e. The number of hydrogen-bond donors (Lipinski definition) is 4. The molecule has 4 rings (SSSR count). The van der Waals surface area contributed by atoms with Gasteiger partial charge < -0.3 is 26.0 Å². The molecule has 220 valence electrons. The summed E-state index contributed by atoms with van der Waals surface area (Å²) in [4.78, 5) is 40.5. The van der Waals surface area contributed by atoms with Gasteiger partial charge in [-0.1, -0.05) is 38.0 Å². The third-order valence-electron chi connectivity index (χ3n) is 7.09. The third kappa shape index (κ3) is 9.78. The lowest BCUT2D eigenvalue weighted by Gasteiger charge is -2.18. The summed E-state index contributed by atoms with van der Waals surface area (Å²) in [5.41, 5.74) is 1.71. The number of ether oxygens (including phenoxy) is 1. The van der Waals surface area contributed by atoms with Crippen LogP contribution in [0.1, 0.15) is 62.7 Å². The van der Waals surface area contributed by atoms with Crippen molar-refractivity contribution in [1.29, 1.82) is 0 Å². The molecule has 2 fully saturated rings. The van der Waals surface area contributed by atoms with Crippen LogP contribution in [0.3, 0.4) is 0 Å². The number of rotatable bonds is 15. The highest BCUT2D eigenvalue weighted by molar-refractivity contribution is 9.10. The summed E-state index contributed by atoms with van der Waals surface area (Å²) in [5.74, 6) is 1.52. The van der Waals surface area contributed by atoms with E-state index in [1.54, 1.807) is 6.08 Å². The molecule has 2 aliphatic rings. The number of fused-ring (bicyclic) bond motifs is 1. The van der Waals surface area contributed by atoms with Gasteiger partial charge in [0.15, 0.2) is 0 Å². The Morgan fingerprint density at radius 2 is 2.02 bits per heavy atom. The van der Waals surface area contributed by atoms with Crippen LogP contribution in [0, 0.1) is 0 Å². The number of benzene rings is 1. The molecular formula is C30H38BrN5O4S. The second-order valence-corrected chi connectivity index (χ2v) is 12.3. The van der Waals surface area contributed by atoms with Crippen molar-refractivity contribution in [3.05, 3.63) is 64.4 Å². The fourth-order valence-corrected chi connectivity index (χ4v) is 6.93. The van der Waals surface area contributed by atoms with E-state index >= 15 is 0 Å². The van der Waals surface area contributed by atoms with Crippen LogP contribution in [0.25, 0.3) is 6.08 Å². The Morgan fingerprint density at radius 3 is 2.80 bits per heavy atom. The molecule has 0 aliphatic carbocycles. The summed E-state index contributed by atoms with van der Waals surface area (Å²) in [6, 6.07) is 13.5. The van der Waals surface area contributed by atoms with Crippen molar-refractivity contribution in [2.75, 3.05) is 18.9 Å². The number of hydrogen-bond acceptors (Lipinski definition) is 6. The summed E-state index contributed by atoms with van der Waals surface area (Å²) in [6.45, 7) is 2.90. The van der Waals surface area contributed by atoms with Gasteiger partial charge in [0.05, 0.1) is 30.4 Å². The smallest absolute Gasteiger partial charge is 0.315 e. The van der Waals surface area contributed by atoms with Gasteiger partial charge in [0.1, 0.15) is 17.0 Å². The highest BCUT2D eigenvalue weighted by Gasteiger charge is 2.42. The van der Waals surface area contributed by atoms with Crippen molar-refractivity contribution < 1.29 is 19.1 Å². The number of pyridine rings is 1. The van der Waals surface area contributed by atoms with Crippen molar-refractivity contribution in [3.8, 4) is 5.75 Å². The lowest BCUT2D eigenvalue weighted by atomic mass is 10.0. The summed E-state index contributed by atoms with van der Waals surface area (Å²) >= 11 is 5.24. The summed E-state index contributed by atoms with van der Waals surface area (Å²) in [7, 11) is 0. The number of unbranched alkanes of at least 4 members (excludes halogenated alkanes) is 1. The maximum absolute atomic E-state index is 12.5. The van der Waals surface area contributed by atoms with E-state index < -0.39 is 0 Å². The molecule has 1 aromatic carbocycles. The van der Waals surface area contributed by atoms with Crippen molar-refractivity contribution in [1.82, 2.24) is 26.3 Å². The average Bonchev–Trinajstić information content (AvgIpc) is 3.51. The van der Waals surface area contributed by atoms with E-state index in [2.05, 4.69) is 49.1 Å². The Balaban J connectivity index is 1.11. The fourth-order valence-electron chi connectivity index (χ4n) is 5.03. The van der Waals surface area contributed by atoms with Crippen LogP contribution in [0.15, 0.2) is 53.1 Å². The maximum atomic E-state index is 12.5. The van der Waals surface area contributed by atoms with Crippen LogP contribution in [-0.2, 0) is 9.59 Å². The van der Waals surface area contributed by atoms with E-state index in [4.69, 9.17) is 4.74 Å². The third-order valence-corrected chi connectivity index (χ3v) is 9.04. The minimum Gasteiger partial charge on any atom is -0.492 e. The number of amides is 4. The van der Waals surface area contributed by atoms with Gasteiger partial charge in [0.25, 0.3) is 0 Å². The molecule has 4 N–H and O–H groups in total. The molecule has 4 amide bonds. The molecule has 0 saturated carbocycles. The normalized spacial score (nSPS) is 20.2. The molecule has 4 atom stereocenters. The molecule has 2 saturated heterocycles. The van der Waals surface area contributed by atoms with E-state index in [0.717, 1.165) is 48.0 Å². The molecule has 41 heavy (non-hydrogen) atoms. The molecule has 2 aliphatic heterocycles. The first-order valence-corrected chi connectivity index (χ1v) is 16.0. The van der Waals surface area contributed by atoms with Crippen LogP contribution in [0.2, 0.25) is 0 Å². The number of carbonyl (C=O) groups excluding carboxylic acids is 3. The number of aromatic nitrogens is 1. The Hall–Kier alpha value is -3.05. The van der Waals surface area contributed by atoms with Gasteiger partial charge in [-0.05, 0) is 71.1 Å². The first kappa shape index (κ1) is 30.9. The molecule has 9 nitrogen and oxygen atoms in total. The van der Waals surface area contributed by atoms with Gasteiger partial charge in [0.2, 0.25) is 11.8 Å². The number of nitrogens with one attached hydrogen (secondary N) is 4. The first-order chi connectivity index (χ1) is 19.9. The van der Waals surface area contributed by atoms with Crippen molar-refractivity contribution in [2.45, 2.75) is 68.8 Å². The van der Waals surface area contributed by atoms with Crippen LogP contribution >= 0.6 is 27.7 Å². The lowest BCUT2D eigenvalue weighted by molar-refractivity contribution is -0.121. The SMILES string of the molecule is CCCC(NC(=O)/C=C/c1cccc(Br)n1)c1ccc(OCCNC(=O)CCCC[C@@H]2SC[C@@H]3NC(=O)N[C@@H]32)cc1. The van der Waals surface area contributed by atoms with Gasteiger partial charge in [-0.2, -0.15) is 11.8 Å². The fraction of sp³-hybridized carbons (Fsp3) is 0.467. The van der Waals surface area contributed by atoms with Crippen molar-refractivity contribution >= 4 is 51.6 Å². The summed E-state index contributed by atoms with van der Waals surface area (Å²) in [5, 5.41) is 12.4. The highest BCUT2D eigenvalue weighted by atomic mass is 79.9. The topological polar surface area (TPSA) is 121 Å². The van der Waals surface area contributed by atoms with Crippen molar-refractivity contribution in [3.63, 3.8) is 0 Å². The Labute approximate surface area is 254 Å². The van der Waals surface area contributed by atoms with Gasteiger partial charge in [0, 0.05) is 23.5 Å². The van der Waals surface area contributed by atoms with E-state index in [-0.39, 0.29) is 36.0 Å². The second-order valence-electron chi connectivity index (χ2n) is 10.2. The second kappa shape index (κ2) is 15.8.